The number of hydrogen-bond donors (Lipinski definition) is 2. The Morgan fingerprint density at radius 2 is 2.54 bits per heavy atom. The minimum Gasteiger partial charge on any atom is -0.356 e. The van der Waals surface area contributed by atoms with Gasteiger partial charge in [-0.2, -0.15) is 4.98 Å². The van der Waals surface area contributed by atoms with E-state index in [2.05, 4.69) is 20.0 Å². The highest BCUT2D eigenvalue weighted by Crippen LogP contribution is 1.88. The van der Waals surface area contributed by atoms with Crippen molar-refractivity contribution in [2.75, 3.05) is 13.1 Å². The molecular weight excluding hydrogens is 172 g/mol. The molecule has 0 aliphatic heterocycles. The summed E-state index contributed by atoms with van der Waals surface area (Å²) in [7, 11) is 0. The summed E-state index contributed by atoms with van der Waals surface area (Å²) in [6.07, 6.45) is 2.19. The van der Waals surface area contributed by atoms with E-state index in [4.69, 9.17) is 5.73 Å². The molecule has 1 amide bonds. The lowest BCUT2D eigenvalue weighted by Crippen LogP contribution is -2.27. The van der Waals surface area contributed by atoms with Gasteiger partial charge in [-0.25, -0.2) is 0 Å². The summed E-state index contributed by atoms with van der Waals surface area (Å²) >= 11 is 0. The zero-order valence-electron chi connectivity index (χ0n) is 7.19. The molecule has 0 atom stereocenters. The Kier molecular flexibility index (Phi) is 3.90. The summed E-state index contributed by atoms with van der Waals surface area (Å²) in [6.45, 7) is 0.881. The minimum absolute atomic E-state index is 0.0500. The summed E-state index contributed by atoms with van der Waals surface area (Å²) in [5.41, 5.74) is 5.20. The Morgan fingerprint density at radius 1 is 1.69 bits per heavy atom. The Morgan fingerprint density at radius 3 is 3.15 bits per heavy atom. The average molecular weight is 184 g/mol. The molecule has 0 radical (unpaired) electrons. The highest BCUT2D eigenvalue weighted by Gasteiger charge is 2.00. The van der Waals surface area contributed by atoms with Gasteiger partial charge in [0.2, 0.25) is 12.3 Å². The van der Waals surface area contributed by atoms with E-state index in [0.29, 0.717) is 31.8 Å². The van der Waals surface area contributed by atoms with Crippen LogP contribution in [0.5, 0.6) is 0 Å². The van der Waals surface area contributed by atoms with Crippen LogP contribution in [0.4, 0.5) is 0 Å². The predicted octanol–water partition coefficient (Wildman–Crippen LogP) is -0.923. The maximum atomic E-state index is 10.9. The average Bonchev–Trinajstić information content (AvgIpc) is 2.57. The van der Waals surface area contributed by atoms with Crippen molar-refractivity contribution >= 4 is 5.91 Å². The summed E-state index contributed by atoms with van der Waals surface area (Å²) < 4.78 is 4.53. The van der Waals surface area contributed by atoms with E-state index in [9.17, 15) is 4.79 Å². The smallest absolute Gasteiger partial charge is 0.221 e. The van der Waals surface area contributed by atoms with Gasteiger partial charge in [-0.15, -0.1) is 0 Å². The van der Waals surface area contributed by atoms with Crippen LogP contribution in [0.1, 0.15) is 12.2 Å². The number of hydrogen-bond acceptors (Lipinski definition) is 5. The zero-order valence-corrected chi connectivity index (χ0v) is 7.19. The van der Waals surface area contributed by atoms with E-state index >= 15 is 0 Å². The third-order valence-electron chi connectivity index (χ3n) is 1.45. The molecule has 0 aliphatic rings. The number of nitrogens with zero attached hydrogens (tertiary/aromatic N) is 2. The third-order valence-corrected chi connectivity index (χ3v) is 1.45. The molecule has 0 saturated heterocycles. The zero-order chi connectivity index (χ0) is 9.52. The van der Waals surface area contributed by atoms with Gasteiger partial charge in [-0.1, -0.05) is 5.16 Å². The van der Waals surface area contributed by atoms with Crippen LogP contribution in [0.2, 0.25) is 0 Å². The molecule has 1 aromatic rings. The quantitative estimate of drug-likeness (QED) is 0.617. The van der Waals surface area contributed by atoms with E-state index in [-0.39, 0.29) is 5.91 Å². The molecule has 13 heavy (non-hydrogen) atoms. The molecule has 6 heteroatoms. The van der Waals surface area contributed by atoms with E-state index in [1.807, 2.05) is 0 Å². The van der Waals surface area contributed by atoms with Crippen molar-refractivity contribution in [1.29, 1.82) is 0 Å². The molecule has 0 spiro atoms. The number of amides is 1. The Balaban J connectivity index is 2.11. The van der Waals surface area contributed by atoms with Gasteiger partial charge in [-0.3, -0.25) is 4.79 Å². The fourth-order valence-electron chi connectivity index (χ4n) is 0.836. The summed E-state index contributed by atoms with van der Waals surface area (Å²) in [5.74, 6) is 0.541. The first kappa shape index (κ1) is 9.66. The third kappa shape index (κ3) is 3.66. The van der Waals surface area contributed by atoms with Crippen molar-refractivity contribution < 1.29 is 9.32 Å². The van der Waals surface area contributed by atoms with Crippen LogP contribution in [0.25, 0.3) is 0 Å². The molecule has 0 bridgehead atoms. The first-order chi connectivity index (χ1) is 6.33. The van der Waals surface area contributed by atoms with Crippen molar-refractivity contribution in [3.63, 3.8) is 0 Å². The van der Waals surface area contributed by atoms with Gasteiger partial charge in [0.25, 0.3) is 0 Å². The maximum absolute atomic E-state index is 10.9. The molecule has 3 N–H and O–H groups in total. The molecule has 1 aromatic heterocycles. The molecule has 0 aromatic carbocycles. The number of carbonyl (C=O) groups is 1. The lowest BCUT2D eigenvalue weighted by atomic mass is 10.3. The highest BCUT2D eigenvalue weighted by molar-refractivity contribution is 5.75. The summed E-state index contributed by atoms with van der Waals surface area (Å²) in [6, 6.07) is 0. The second-order valence-corrected chi connectivity index (χ2v) is 2.49. The largest absolute Gasteiger partial charge is 0.356 e. The van der Waals surface area contributed by atoms with E-state index in [1.165, 1.54) is 6.39 Å². The van der Waals surface area contributed by atoms with Crippen molar-refractivity contribution in [1.82, 2.24) is 15.5 Å². The van der Waals surface area contributed by atoms with Crippen molar-refractivity contribution in [3.05, 3.63) is 12.2 Å². The number of carbonyl (C=O) groups excluding carboxylic acids is 1. The van der Waals surface area contributed by atoms with Crippen molar-refractivity contribution in [3.8, 4) is 0 Å². The van der Waals surface area contributed by atoms with Gasteiger partial charge in [0.05, 0.1) is 0 Å². The van der Waals surface area contributed by atoms with Crippen LogP contribution in [0.15, 0.2) is 10.9 Å². The monoisotopic (exact) mass is 184 g/mol. The van der Waals surface area contributed by atoms with E-state index < -0.39 is 0 Å². The van der Waals surface area contributed by atoms with Crippen LogP contribution in [0.3, 0.4) is 0 Å². The van der Waals surface area contributed by atoms with Gasteiger partial charge < -0.3 is 15.6 Å². The number of aromatic nitrogens is 2. The predicted molar refractivity (Wildman–Crippen MR) is 44.7 cm³/mol. The van der Waals surface area contributed by atoms with Crippen LogP contribution in [-0.2, 0) is 11.2 Å². The molecule has 0 aliphatic carbocycles. The normalized spacial score (nSPS) is 9.92. The number of nitrogens with one attached hydrogen (secondary N) is 1. The fourth-order valence-corrected chi connectivity index (χ4v) is 0.836. The number of nitrogens with two attached hydrogens (primary N) is 1. The topological polar surface area (TPSA) is 94.0 Å². The first-order valence-corrected chi connectivity index (χ1v) is 4.05. The fraction of sp³-hybridized carbons (Fsp3) is 0.571. The van der Waals surface area contributed by atoms with Crippen molar-refractivity contribution in [2.45, 2.75) is 12.8 Å². The van der Waals surface area contributed by atoms with Crippen LogP contribution in [0, 0.1) is 0 Å². The molecular formula is C7H12N4O2. The molecule has 1 rings (SSSR count). The summed E-state index contributed by atoms with van der Waals surface area (Å²) in [5, 5.41) is 6.28. The highest BCUT2D eigenvalue weighted by atomic mass is 16.5. The molecule has 0 saturated carbocycles. The Bertz CT molecular complexity index is 247. The second-order valence-electron chi connectivity index (χ2n) is 2.49. The van der Waals surface area contributed by atoms with Gasteiger partial charge in [0.1, 0.15) is 0 Å². The van der Waals surface area contributed by atoms with E-state index in [1.54, 1.807) is 0 Å². The van der Waals surface area contributed by atoms with Gasteiger partial charge >= 0.3 is 0 Å². The van der Waals surface area contributed by atoms with Gasteiger partial charge in [0.15, 0.2) is 5.82 Å². The molecule has 6 nitrogen and oxygen atoms in total. The maximum Gasteiger partial charge on any atom is 0.221 e. The second kappa shape index (κ2) is 5.26. The molecule has 0 unspecified atom stereocenters. The molecule has 72 valence electrons. The number of rotatable bonds is 5. The van der Waals surface area contributed by atoms with Gasteiger partial charge in [0, 0.05) is 25.9 Å². The molecule has 0 fully saturated rings. The Hall–Kier alpha value is -1.43. The minimum atomic E-state index is -0.0500. The standard InChI is InChI=1S/C7H12N4O2/c8-3-1-7(12)9-4-2-6-10-5-13-11-6/h5H,1-4,8H2,(H,9,12). The van der Waals surface area contributed by atoms with Gasteiger partial charge in [-0.05, 0) is 0 Å². The van der Waals surface area contributed by atoms with Crippen LogP contribution >= 0.6 is 0 Å². The van der Waals surface area contributed by atoms with E-state index in [0.717, 1.165) is 0 Å². The summed E-state index contributed by atoms with van der Waals surface area (Å²) in [4.78, 5) is 14.7. The van der Waals surface area contributed by atoms with Crippen LogP contribution < -0.4 is 11.1 Å². The SMILES string of the molecule is NCCC(=O)NCCc1ncon1. The van der Waals surface area contributed by atoms with Crippen LogP contribution in [-0.4, -0.2) is 29.1 Å². The van der Waals surface area contributed by atoms with Crippen molar-refractivity contribution in [2.24, 2.45) is 5.73 Å². The Labute approximate surface area is 75.5 Å². The first-order valence-electron chi connectivity index (χ1n) is 4.05. The lowest BCUT2D eigenvalue weighted by molar-refractivity contribution is -0.120. The lowest BCUT2D eigenvalue weighted by Gasteiger charge is -2.00. The molecule has 1 heterocycles.